The van der Waals surface area contributed by atoms with Gasteiger partial charge in [-0.25, -0.2) is 13.1 Å². The molecule has 0 saturated carbocycles. The number of hydrogen-bond donors (Lipinski definition) is 3. The number of anilines is 1. The highest BCUT2D eigenvalue weighted by Crippen LogP contribution is 2.12. The van der Waals surface area contributed by atoms with Crippen LogP contribution in [0.5, 0.6) is 0 Å². The minimum atomic E-state index is -3.47. The van der Waals surface area contributed by atoms with E-state index >= 15 is 0 Å². The van der Waals surface area contributed by atoms with Gasteiger partial charge in [0.1, 0.15) is 0 Å². The molecule has 1 rings (SSSR count). The largest absolute Gasteiger partial charge is 0.382 e. The first-order chi connectivity index (χ1) is 10.1. The molecule has 0 aliphatic carbocycles. The topological polar surface area (TPSA) is 103 Å². The van der Waals surface area contributed by atoms with E-state index in [4.69, 9.17) is 15.3 Å². The quantitative estimate of drug-likeness (QED) is 0.315. The summed E-state index contributed by atoms with van der Waals surface area (Å²) in [6.07, 6.45) is 1.51. The van der Waals surface area contributed by atoms with E-state index in [1.54, 1.807) is 19.2 Å². The summed E-state index contributed by atoms with van der Waals surface area (Å²) in [7, 11) is -1.85. The molecular weight excluding hydrogens is 294 g/mol. The number of hydrazine groups is 1. The number of methoxy groups -OCH3 is 1. The molecule has 8 heteroatoms. The third-order valence-electron chi connectivity index (χ3n) is 2.77. The smallest absolute Gasteiger partial charge is 0.240 e. The van der Waals surface area contributed by atoms with E-state index in [-0.39, 0.29) is 4.90 Å². The zero-order chi connectivity index (χ0) is 15.6. The summed E-state index contributed by atoms with van der Waals surface area (Å²) in [4.78, 5) is 0.220. The highest BCUT2D eigenvalue weighted by Gasteiger charge is 2.12. The van der Waals surface area contributed by atoms with Crippen molar-refractivity contribution in [1.82, 2.24) is 4.72 Å². The summed E-state index contributed by atoms with van der Waals surface area (Å²) in [5, 5.41) is 0. The zero-order valence-corrected chi connectivity index (χ0v) is 13.0. The van der Waals surface area contributed by atoms with Gasteiger partial charge in [-0.3, -0.25) is 5.84 Å². The van der Waals surface area contributed by atoms with E-state index in [0.717, 1.165) is 6.42 Å². The van der Waals surface area contributed by atoms with Crippen LogP contribution >= 0.6 is 0 Å². The fourth-order valence-electron chi connectivity index (χ4n) is 1.59. The van der Waals surface area contributed by atoms with Gasteiger partial charge in [-0.05, 0) is 37.1 Å². The summed E-state index contributed by atoms with van der Waals surface area (Å²) in [6.45, 7) is 2.11. The van der Waals surface area contributed by atoms with Gasteiger partial charge < -0.3 is 14.9 Å². The van der Waals surface area contributed by atoms with Crippen molar-refractivity contribution >= 4 is 15.7 Å². The number of sulfonamides is 1. The molecule has 0 spiro atoms. The van der Waals surface area contributed by atoms with Gasteiger partial charge in [-0.15, -0.1) is 0 Å². The van der Waals surface area contributed by atoms with Gasteiger partial charge in [0.25, 0.3) is 0 Å². The Morgan fingerprint density at radius 3 is 2.43 bits per heavy atom. The van der Waals surface area contributed by atoms with Crippen LogP contribution in [0.25, 0.3) is 0 Å². The van der Waals surface area contributed by atoms with Gasteiger partial charge in [0.2, 0.25) is 10.0 Å². The van der Waals surface area contributed by atoms with Crippen LogP contribution in [0.15, 0.2) is 29.2 Å². The monoisotopic (exact) mass is 317 g/mol. The highest BCUT2D eigenvalue weighted by atomic mass is 32.2. The lowest BCUT2D eigenvalue weighted by Crippen LogP contribution is -2.25. The minimum absolute atomic E-state index is 0.220. The first kappa shape index (κ1) is 17.9. The van der Waals surface area contributed by atoms with E-state index in [1.807, 2.05) is 0 Å². The Labute approximate surface area is 125 Å². The summed E-state index contributed by atoms with van der Waals surface area (Å²) < 4.78 is 36.7. The molecule has 7 nitrogen and oxygen atoms in total. The number of nitrogen functional groups attached to an aromatic ring is 1. The maximum absolute atomic E-state index is 12.0. The normalized spacial score (nSPS) is 11.5. The molecule has 4 N–H and O–H groups in total. The van der Waals surface area contributed by atoms with E-state index in [2.05, 4.69) is 10.1 Å². The fraction of sp³-hybridized carbons (Fsp3) is 0.538. The second kappa shape index (κ2) is 9.69. The van der Waals surface area contributed by atoms with E-state index in [1.165, 1.54) is 12.1 Å². The third kappa shape index (κ3) is 6.87. The zero-order valence-electron chi connectivity index (χ0n) is 12.2. The molecule has 0 bridgehead atoms. The van der Waals surface area contributed by atoms with Crippen LogP contribution in [0.4, 0.5) is 5.69 Å². The first-order valence-corrected chi connectivity index (χ1v) is 8.21. The molecule has 0 unspecified atom stereocenters. The van der Waals surface area contributed by atoms with Gasteiger partial charge in [0.15, 0.2) is 0 Å². The number of unbranched alkanes of at least 4 members (excludes halogenated alkanes) is 1. The fourth-order valence-corrected chi connectivity index (χ4v) is 2.67. The second-order valence-electron chi connectivity index (χ2n) is 4.38. The molecule has 120 valence electrons. The van der Waals surface area contributed by atoms with Crippen LogP contribution in [-0.4, -0.2) is 41.9 Å². The van der Waals surface area contributed by atoms with Gasteiger partial charge in [0, 0.05) is 25.9 Å². The van der Waals surface area contributed by atoms with E-state index in [9.17, 15) is 8.42 Å². The maximum atomic E-state index is 12.0. The predicted octanol–water partition coefficient (Wildman–Crippen LogP) is 0.694. The van der Waals surface area contributed by atoms with Crippen molar-refractivity contribution in [2.45, 2.75) is 17.7 Å². The van der Waals surface area contributed by atoms with Gasteiger partial charge in [-0.2, -0.15) is 0 Å². The summed E-state index contributed by atoms with van der Waals surface area (Å²) >= 11 is 0. The van der Waals surface area contributed by atoms with Crippen molar-refractivity contribution in [3.8, 4) is 0 Å². The maximum Gasteiger partial charge on any atom is 0.240 e. The molecule has 1 aromatic rings. The molecule has 0 heterocycles. The van der Waals surface area contributed by atoms with Crippen molar-refractivity contribution in [3.05, 3.63) is 24.3 Å². The molecule has 0 atom stereocenters. The molecule has 0 radical (unpaired) electrons. The molecule has 0 fully saturated rings. The lowest BCUT2D eigenvalue weighted by atomic mass is 10.3. The van der Waals surface area contributed by atoms with Crippen molar-refractivity contribution < 1.29 is 17.9 Å². The number of nitrogens with one attached hydrogen (secondary N) is 2. The standard InChI is InChI=1S/C13H23N3O4S/c1-19-10-11-20-9-3-2-8-15-21(17,18)13-6-4-12(16-14)5-7-13/h4-7,15-16H,2-3,8-11,14H2,1H3. The Morgan fingerprint density at radius 2 is 1.81 bits per heavy atom. The molecule has 1 aromatic carbocycles. The Bertz CT molecular complexity index is 491. The van der Waals surface area contributed by atoms with Crippen LogP contribution < -0.4 is 16.0 Å². The lowest BCUT2D eigenvalue weighted by Gasteiger charge is -2.08. The molecule has 0 amide bonds. The summed E-state index contributed by atoms with van der Waals surface area (Å²) in [5.41, 5.74) is 3.10. The SMILES string of the molecule is COCCOCCCCNS(=O)(=O)c1ccc(NN)cc1. The van der Waals surface area contributed by atoms with Crippen LogP contribution in [0.3, 0.4) is 0 Å². The molecular formula is C13H23N3O4S. The number of rotatable bonds is 11. The van der Waals surface area contributed by atoms with Crippen molar-refractivity contribution in [3.63, 3.8) is 0 Å². The molecule has 0 saturated heterocycles. The van der Waals surface area contributed by atoms with Crippen LogP contribution in [0.1, 0.15) is 12.8 Å². The van der Waals surface area contributed by atoms with Gasteiger partial charge in [-0.1, -0.05) is 0 Å². The molecule has 0 aliphatic heterocycles. The van der Waals surface area contributed by atoms with E-state index < -0.39 is 10.0 Å². The van der Waals surface area contributed by atoms with Crippen LogP contribution in [0.2, 0.25) is 0 Å². The lowest BCUT2D eigenvalue weighted by molar-refractivity contribution is 0.0689. The number of hydrogen-bond acceptors (Lipinski definition) is 6. The van der Waals surface area contributed by atoms with Gasteiger partial charge >= 0.3 is 0 Å². The van der Waals surface area contributed by atoms with Crippen LogP contribution in [0, 0.1) is 0 Å². The van der Waals surface area contributed by atoms with Crippen molar-refractivity contribution in [2.24, 2.45) is 5.84 Å². The van der Waals surface area contributed by atoms with Crippen molar-refractivity contribution in [1.29, 1.82) is 0 Å². The van der Waals surface area contributed by atoms with E-state index in [0.29, 0.717) is 38.5 Å². The molecule has 21 heavy (non-hydrogen) atoms. The summed E-state index contributed by atoms with van der Waals surface area (Å²) in [5.74, 6) is 5.23. The Hall–Kier alpha value is -1.19. The van der Waals surface area contributed by atoms with Crippen molar-refractivity contribution in [2.75, 3.05) is 38.9 Å². The average Bonchev–Trinajstić information content (AvgIpc) is 2.50. The molecule has 0 aromatic heterocycles. The second-order valence-corrected chi connectivity index (χ2v) is 6.15. The Morgan fingerprint density at radius 1 is 1.10 bits per heavy atom. The number of benzene rings is 1. The Kier molecular flexibility index (Phi) is 8.24. The van der Waals surface area contributed by atoms with Gasteiger partial charge in [0.05, 0.1) is 18.1 Å². The predicted molar refractivity (Wildman–Crippen MR) is 81.4 cm³/mol. The first-order valence-electron chi connectivity index (χ1n) is 6.73. The minimum Gasteiger partial charge on any atom is -0.382 e. The molecule has 0 aliphatic rings. The summed E-state index contributed by atoms with van der Waals surface area (Å²) in [6, 6.07) is 6.23. The number of ether oxygens (including phenoxy) is 2. The number of nitrogens with two attached hydrogens (primary N) is 1. The Balaban J connectivity index is 2.26. The third-order valence-corrected chi connectivity index (χ3v) is 4.25. The van der Waals surface area contributed by atoms with Crippen LogP contribution in [-0.2, 0) is 19.5 Å². The average molecular weight is 317 g/mol. The highest BCUT2D eigenvalue weighted by molar-refractivity contribution is 7.89.